The highest BCUT2D eigenvalue weighted by atomic mass is 127. The Balaban J connectivity index is 2.31. The van der Waals surface area contributed by atoms with Crippen LogP contribution in [0.4, 0.5) is 0 Å². The average Bonchev–Trinajstić information content (AvgIpc) is 2.77. The normalized spacial score (nSPS) is 11.9. The lowest BCUT2D eigenvalue weighted by molar-refractivity contribution is 0.481. The Labute approximate surface area is 135 Å². The number of aryl methyl sites for hydroxylation is 1. The van der Waals surface area contributed by atoms with Crippen molar-refractivity contribution >= 4 is 43.6 Å². The highest BCUT2D eigenvalue weighted by Crippen LogP contribution is 2.30. The quantitative estimate of drug-likeness (QED) is 0.655. The number of pyridine rings is 1. The molecule has 0 saturated carbocycles. The van der Waals surface area contributed by atoms with Crippen molar-refractivity contribution in [2.45, 2.75) is 11.8 Å². The number of halogens is 1. The van der Waals surface area contributed by atoms with Crippen LogP contribution in [0.2, 0.25) is 0 Å². The zero-order chi connectivity index (χ0) is 15.2. The number of benzene rings is 1. The molecule has 0 amide bonds. The van der Waals surface area contributed by atoms with Gasteiger partial charge in [0.1, 0.15) is 5.75 Å². The van der Waals surface area contributed by atoms with E-state index in [2.05, 4.69) is 4.98 Å². The summed E-state index contributed by atoms with van der Waals surface area (Å²) in [7, 11) is -3.75. The molecule has 0 unspecified atom stereocenters. The maximum Gasteiger partial charge on any atom is 0.270 e. The molecule has 0 radical (unpaired) electrons. The highest BCUT2D eigenvalue weighted by Gasteiger charge is 2.23. The van der Waals surface area contributed by atoms with Crippen LogP contribution in [-0.2, 0) is 10.0 Å². The summed E-state index contributed by atoms with van der Waals surface area (Å²) < 4.78 is 27.2. The van der Waals surface area contributed by atoms with Crippen molar-refractivity contribution in [3.05, 3.63) is 51.9 Å². The topological polar surface area (TPSA) is 72.2 Å². The fraction of sp³-hybridized carbons (Fsp3) is 0.0714. The molecule has 2 heterocycles. The molecule has 2 aromatic heterocycles. The van der Waals surface area contributed by atoms with Crippen LogP contribution in [0.15, 0.2) is 47.5 Å². The largest absolute Gasteiger partial charge is 0.507 e. The van der Waals surface area contributed by atoms with Crippen molar-refractivity contribution in [3.63, 3.8) is 0 Å². The van der Waals surface area contributed by atoms with E-state index in [-0.39, 0.29) is 16.3 Å². The average molecular weight is 414 g/mol. The van der Waals surface area contributed by atoms with E-state index in [1.807, 2.05) is 29.5 Å². The number of aromatic hydroxyl groups is 1. The molecule has 1 N–H and O–H groups in total. The summed E-state index contributed by atoms with van der Waals surface area (Å²) >= 11 is 1.92. The molecular weight excluding hydrogens is 403 g/mol. The van der Waals surface area contributed by atoms with Crippen LogP contribution in [0.3, 0.4) is 0 Å². The Morgan fingerprint density at radius 2 is 1.86 bits per heavy atom. The van der Waals surface area contributed by atoms with E-state index in [0.717, 1.165) is 9.54 Å². The van der Waals surface area contributed by atoms with E-state index in [0.29, 0.717) is 9.09 Å². The van der Waals surface area contributed by atoms with Crippen molar-refractivity contribution in [3.8, 4) is 5.75 Å². The summed E-state index contributed by atoms with van der Waals surface area (Å²) in [5.74, 6) is 0.00997. The zero-order valence-electron chi connectivity index (χ0n) is 11.0. The SMILES string of the molecule is Cc1ccc(S(=O)(=O)n2c(I)cc3c(O)ccnc32)cc1. The number of fused-ring (bicyclic) bond motifs is 1. The fourth-order valence-corrected chi connectivity index (χ4v) is 4.74. The molecule has 3 aromatic rings. The lowest BCUT2D eigenvalue weighted by Gasteiger charge is -2.08. The third-order valence-electron chi connectivity index (χ3n) is 3.16. The molecule has 0 saturated heterocycles. The molecule has 0 aliphatic carbocycles. The summed E-state index contributed by atoms with van der Waals surface area (Å²) in [4.78, 5) is 4.28. The zero-order valence-corrected chi connectivity index (χ0v) is 14.0. The van der Waals surface area contributed by atoms with Gasteiger partial charge < -0.3 is 5.11 Å². The Morgan fingerprint density at radius 1 is 1.19 bits per heavy atom. The number of aromatic nitrogens is 2. The molecule has 1 aromatic carbocycles. The maximum atomic E-state index is 12.8. The van der Waals surface area contributed by atoms with Gasteiger partial charge in [0.25, 0.3) is 10.0 Å². The first-order chi connectivity index (χ1) is 9.91. The second kappa shape index (κ2) is 4.99. The second-order valence-corrected chi connectivity index (χ2v) is 7.51. The Kier molecular flexibility index (Phi) is 3.40. The molecule has 0 aliphatic heterocycles. The Hall–Kier alpha value is -1.61. The summed E-state index contributed by atoms with van der Waals surface area (Å²) in [5.41, 5.74) is 1.21. The van der Waals surface area contributed by atoms with Gasteiger partial charge in [-0.15, -0.1) is 0 Å². The summed E-state index contributed by atoms with van der Waals surface area (Å²) in [6.45, 7) is 1.89. The number of hydrogen-bond donors (Lipinski definition) is 1. The van der Waals surface area contributed by atoms with Gasteiger partial charge in [0, 0.05) is 6.20 Å². The molecule has 7 heteroatoms. The molecule has 3 rings (SSSR count). The van der Waals surface area contributed by atoms with Gasteiger partial charge in [-0.05, 0) is 53.8 Å². The van der Waals surface area contributed by atoms with Gasteiger partial charge >= 0.3 is 0 Å². The predicted octanol–water partition coefficient (Wildman–Crippen LogP) is 2.89. The molecule has 0 bridgehead atoms. The van der Waals surface area contributed by atoms with Crippen molar-refractivity contribution in [2.24, 2.45) is 0 Å². The van der Waals surface area contributed by atoms with E-state index in [4.69, 9.17) is 0 Å². The maximum absolute atomic E-state index is 12.8. The molecule has 5 nitrogen and oxygen atoms in total. The van der Waals surface area contributed by atoms with Gasteiger partial charge in [0.2, 0.25) is 0 Å². The van der Waals surface area contributed by atoms with E-state index in [1.54, 1.807) is 30.3 Å². The van der Waals surface area contributed by atoms with Crippen LogP contribution in [0.5, 0.6) is 5.75 Å². The molecule has 0 aliphatic rings. The number of hydrogen-bond acceptors (Lipinski definition) is 4. The van der Waals surface area contributed by atoms with E-state index < -0.39 is 10.0 Å². The third kappa shape index (κ3) is 2.30. The molecular formula is C14H11IN2O3S. The van der Waals surface area contributed by atoms with Gasteiger partial charge in [0.15, 0.2) is 5.65 Å². The molecule has 0 atom stereocenters. The van der Waals surface area contributed by atoms with Crippen LogP contribution < -0.4 is 0 Å². The summed E-state index contributed by atoms with van der Waals surface area (Å²) in [6.07, 6.45) is 1.38. The van der Waals surface area contributed by atoms with Crippen LogP contribution in [0, 0.1) is 10.6 Å². The smallest absolute Gasteiger partial charge is 0.270 e. The van der Waals surface area contributed by atoms with Crippen LogP contribution in [0.1, 0.15) is 5.56 Å². The van der Waals surface area contributed by atoms with Gasteiger partial charge in [-0.1, -0.05) is 17.7 Å². The van der Waals surface area contributed by atoms with Crippen LogP contribution in [0.25, 0.3) is 11.0 Å². The minimum atomic E-state index is -3.75. The second-order valence-electron chi connectivity index (χ2n) is 4.62. The molecule has 0 fully saturated rings. The van der Waals surface area contributed by atoms with E-state index >= 15 is 0 Å². The Bertz CT molecular complexity index is 931. The first-order valence-electron chi connectivity index (χ1n) is 6.08. The minimum absolute atomic E-state index is 0.00997. The highest BCUT2D eigenvalue weighted by molar-refractivity contribution is 14.1. The lowest BCUT2D eigenvalue weighted by atomic mass is 10.2. The van der Waals surface area contributed by atoms with Gasteiger partial charge in [-0.2, -0.15) is 0 Å². The van der Waals surface area contributed by atoms with Gasteiger partial charge in [0.05, 0.1) is 14.0 Å². The molecule has 108 valence electrons. The molecule has 21 heavy (non-hydrogen) atoms. The van der Waals surface area contributed by atoms with Gasteiger partial charge in [-0.25, -0.2) is 17.4 Å². The Morgan fingerprint density at radius 3 is 2.52 bits per heavy atom. The van der Waals surface area contributed by atoms with Gasteiger partial charge in [-0.3, -0.25) is 0 Å². The van der Waals surface area contributed by atoms with Crippen LogP contribution >= 0.6 is 22.6 Å². The number of nitrogens with zero attached hydrogens (tertiary/aromatic N) is 2. The monoisotopic (exact) mass is 414 g/mol. The lowest BCUT2D eigenvalue weighted by Crippen LogP contribution is -2.14. The standard InChI is InChI=1S/C14H11IN2O3S/c1-9-2-4-10(5-3-9)21(19,20)17-13(15)8-11-12(18)6-7-16-14(11)17/h2-8H,1H3,(H,16,18). The van der Waals surface area contributed by atoms with Crippen molar-refractivity contribution in [2.75, 3.05) is 0 Å². The van der Waals surface area contributed by atoms with Crippen molar-refractivity contribution < 1.29 is 13.5 Å². The first-order valence-corrected chi connectivity index (χ1v) is 8.60. The van der Waals surface area contributed by atoms with Crippen molar-refractivity contribution in [1.29, 1.82) is 0 Å². The fourth-order valence-electron chi connectivity index (χ4n) is 2.08. The predicted molar refractivity (Wildman–Crippen MR) is 87.9 cm³/mol. The third-order valence-corrected chi connectivity index (χ3v) is 5.99. The van der Waals surface area contributed by atoms with Crippen LogP contribution in [-0.4, -0.2) is 22.5 Å². The molecule has 0 spiro atoms. The van der Waals surface area contributed by atoms with Crippen molar-refractivity contribution in [1.82, 2.24) is 8.96 Å². The minimum Gasteiger partial charge on any atom is -0.507 e. The number of rotatable bonds is 2. The van der Waals surface area contributed by atoms with E-state index in [9.17, 15) is 13.5 Å². The first kappa shape index (κ1) is 14.3. The van der Waals surface area contributed by atoms with E-state index in [1.165, 1.54) is 12.3 Å². The summed E-state index contributed by atoms with van der Waals surface area (Å²) in [6, 6.07) is 9.66. The summed E-state index contributed by atoms with van der Waals surface area (Å²) in [5, 5.41) is 10.2.